The van der Waals surface area contributed by atoms with E-state index in [1.807, 2.05) is 30.3 Å². The number of H-pyrrole nitrogens is 1. The summed E-state index contributed by atoms with van der Waals surface area (Å²) in [5, 5.41) is 35.9. The number of ether oxygens (including phenoxy) is 1. The average Bonchev–Trinajstić information content (AvgIpc) is 3.16. The molecule has 0 saturated carbocycles. The Morgan fingerprint density at radius 3 is 2.51 bits per heavy atom. The molecule has 9 heteroatoms. The first-order chi connectivity index (χ1) is 16.8. The molecule has 0 aliphatic carbocycles. The Labute approximate surface area is 202 Å². The van der Waals surface area contributed by atoms with E-state index in [1.165, 1.54) is 11.6 Å². The number of imidazole rings is 1. The van der Waals surface area contributed by atoms with Crippen molar-refractivity contribution in [3.63, 3.8) is 0 Å². The Morgan fingerprint density at radius 1 is 1.11 bits per heavy atom. The van der Waals surface area contributed by atoms with Gasteiger partial charge in [-0.2, -0.15) is 5.10 Å². The molecule has 0 radical (unpaired) electrons. The summed E-state index contributed by atoms with van der Waals surface area (Å²) >= 11 is 0. The first-order valence-corrected chi connectivity index (χ1v) is 11.5. The summed E-state index contributed by atoms with van der Waals surface area (Å²) in [6.45, 7) is 3.40. The molecule has 3 atom stereocenters. The number of phenolic OH excluding ortho intramolecular Hbond substituents is 1. The molecule has 4 N–H and O–H groups in total. The van der Waals surface area contributed by atoms with Gasteiger partial charge in [-0.3, -0.25) is 4.79 Å². The molecule has 0 aliphatic rings. The Hall–Kier alpha value is -3.69. The predicted octanol–water partition coefficient (Wildman–Crippen LogP) is 3.01. The van der Waals surface area contributed by atoms with E-state index in [2.05, 4.69) is 15.1 Å². The van der Waals surface area contributed by atoms with Crippen molar-refractivity contribution in [2.75, 3.05) is 7.11 Å². The lowest BCUT2D eigenvalue weighted by Gasteiger charge is -2.20. The minimum Gasteiger partial charge on any atom is -0.504 e. The highest BCUT2D eigenvalue weighted by molar-refractivity contribution is 5.50. The van der Waals surface area contributed by atoms with E-state index in [-0.39, 0.29) is 17.7 Å². The summed E-state index contributed by atoms with van der Waals surface area (Å²) in [6, 6.07) is 14.4. The normalized spacial score (nSPS) is 14.1. The van der Waals surface area contributed by atoms with Gasteiger partial charge in [0, 0.05) is 12.3 Å². The van der Waals surface area contributed by atoms with Crippen molar-refractivity contribution in [3.05, 3.63) is 87.4 Å². The molecule has 0 spiro atoms. The largest absolute Gasteiger partial charge is 0.504 e. The van der Waals surface area contributed by atoms with E-state index in [9.17, 15) is 20.1 Å². The van der Waals surface area contributed by atoms with E-state index < -0.39 is 18.1 Å². The molecule has 1 unspecified atom stereocenters. The highest BCUT2D eigenvalue weighted by Gasteiger charge is 2.26. The minimum absolute atomic E-state index is 0.00117. The molecule has 2 heterocycles. The number of aliphatic hydroxyl groups is 2. The summed E-state index contributed by atoms with van der Waals surface area (Å²) in [7, 11) is 1.47. The van der Waals surface area contributed by atoms with Crippen LogP contribution < -0.4 is 10.3 Å². The highest BCUT2D eigenvalue weighted by Crippen LogP contribution is 2.30. The number of hydrogen-bond donors (Lipinski definition) is 4. The van der Waals surface area contributed by atoms with Gasteiger partial charge in [0.05, 0.1) is 25.0 Å². The number of nitrogens with one attached hydrogen (secondary N) is 1. The van der Waals surface area contributed by atoms with E-state index in [4.69, 9.17) is 4.74 Å². The summed E-state index contributed by atoms with van der Waals surface area (Å²) in [4.78, 5) is 20.3. The fourth-order valence-electron chi connectivity index (χ4n) is 4.36. The van der Waals surface area contributed by atoms with Crippen molar-refractivity contribution in [1.82, 2.24) is 19.6 Å². The zero-order valence-corrected chi connectivity index (χ0v) is 20.0. The van der Waals surface area contributed by atoms with E-state index >= 15 is 0 Å². The lowest BCUT2D eigenvalue weighted by atomic mass is 9.93. The first kappa shape index (κ1) is 24.4. The molecule has 2 aromatic heterocycles. The molecule has 0 amide bonds. The fraction of sp³-hybridized carbons (Fsp3) is 0.346. The smallest absolute Gasteiger partial charge is 0.277 e. The van der Waals surface area contributed by atoms with E-state index in [1.54, 1.807) is 32.0 Å². The number of aromatic nitrogens is 4. The number of methoxy groups -OCH3 is 1. The maximum atomic E-state index is 12.9. The zero-order valence-electron chi connectivity index (χ0n) is 20.0. The third kappa shape index (κ3) is 5.21. The maximum absolute atomic E-state index is 12.9. The molecule has 0 fully saturated rings. The quantitative estimate of drug-likeness (QED) is 0.291. The molecular formula is C26H30N4O5. The fourth-order valence-corrected chi connectivity index (χ4v) is 4.36. The third-order valence-electron chi connectivity index (χ3n) is 6.21. The molecule has 2 aromatic carbocycles. The number of aromatic hydroxyl groups is 1. The maximum Gasteiger partial charge on any atom is 0.277 e. The summed E-state index contributed by atoms with van der Waals surface area (Å²) in [5.74, 6) is 0.771. The summed E-state index contributed by atoms with van der Waals surface area (Å²) < 4.78 is 6.58. The number of nitrogens with zero attached hydrogens (tertiary/aromatic N) is 3. The Morgan fingerprint density at radius 2 is 1.86 bits per heavy atom. The van der Waals surface area contributed by atoms with Gasteiger partial charge < -0.3 is 25.0 Å². The molecule has 0 bridgehead atoms. The van der Waals surface area contributed by atoms with Crippen LogP contribution >= 0.6 is 0 Å². The zero-order chi connectivity index (χ0) is 25.1. The van der Waals surface area contributed by atoms with Crippen LogP contribution in [-0.2, 0) is 6.42 Å². The van der Waals surface area contributed by atoms with E-state index in [0.717, 1.165) is 11.1 Å². The average molecular weight is 479 g/mol. The second kappa shape index (κ2) is 10.3. The molecule has 4 aromatic rings. The van der Waals surface area contributed by atoms with Crippen molar-refractivity contribution in [2.24, 2.45) is 0 Å². The summed E-state index contributed by atoms with van der Waals surface area (Å²) in [5.41, 5.74) is 2.03. The van der Waals surface area contributed by atoms with Crippen LogP contribution in [0.2, 0.25) is 0 Å². The second-order valence-electron chi connectivity index (χ2n) is 8.75. The van der Waals surface area contributed by atoms with Gasteiger partial charge in [0.1, 0.15) is 11.6 Å². The van der Waals surface area contributed by atoms with Crippen LogP contribution in [0.4, 0.5) is 0 Å². The molecule has 0 aliphatic heterocycles. The second-order valence-corrected chi connectivity index (χ2v) is 8.75. The van der Waals surface area contributed by atoms with Crippen LogP contribution in [0.3, 0.4) is 0 Å². The lowest BCUT2D eigenvalue weighted by Crippen LogP contribution is -2.22. The Kier molecular flexibility index (Phi) is 7.18. The van der Waals surface area contributed by atoms with Crippen molar-refractivity contribution in [2.45, 2.75) is 51.2 Å². The molecule has 0 saturated heterocycles. The van der Waals surface area contributed by atoms with Crippen LogP contribution in [0.15, 0.2) is 53.3 Å². The Balaban J connectivity index is 1.66. The number of aliphatic hydroxyl groups excluding tert-OH is 2. The van der Waals surface area contributed by atoms with Crippen LogP contribution in [0.5, 0.6) is 11.5 Å². The van der Waals surface area contributed by atoms with Crippen LogP contribution in [-0.4, -0.2) is 48.1 Å². The summed E-state index contributed by atoms with van der Waals surface area (Å²) in [6.07, 6.45) is -0.326. The number of hydrogen-bond acceptors (Lipinski definition) is 7. The SMILES string of the molecule is COc1ccc(Cc2nn3c([C@@H](CCC(O)c4ccccc4)[C@@H](C)O)nc(C)c3c(=O)[nH]2)cc1O. The van der Waals surface area contributed by atoms with Crippen LogP contribution in [0, 0.1) is 6.92 Å². The molecule has 184 valence electrons. The van der Waals surface area contributed by atoms with Gasteiger partial charge >= 0.3 is 0 Å². The monoisotopic (exact) mass is 478 g/mol. The van der Waals surface area contributed by atoms with Gasteiger partial charge in [0.2, 0.25) is 0 Å². The topological polar surface area (TPSA) is 133 Å². The number of phenols is 1. The van der Waals surface area contributed by atoms with Crippen molar-refractivity contribution in [3.8, 4) is 11.5 Å². The first-order valence-electron chi connectivity index (χ1n) is 11.5. The minimum atomic E-state index is -0.772. The Bertz CT molecular complexity index is 1360. The standard InChI is InChI=1S/C26H30N4O5/c1-15-24-26(34)28-23(14-17-9-12-22(35-3)21(33)13-17)29-30(24)25(27-15)19(16(2)31)10-11-20(32)18-7-5-4-6-8-18/h4-9,12-13,16,19-20,31-33H,10-11,14H2,1-3H3,(H,28,29,34)/t16-,19+,20?/m1/s1. The van der Waals surface area contributed by atoms with E-state index in [0.29, 0.717) is 41.5 Å². The van der Waals surface area contributed by atoms with Gasteiger partial charge in [0.25, 0.3) is 5.56 Å². The molecule has 9 nitrogen and oxygen atoms in total. The lowest BCUT2D eigenvalue weighted by molar-refractivity contribution is 0.124. The van der Waals surface area contributed by atoms with Gasteiger partial charge in [-0.15, -0.1) is 0 Å². The molecular weight excluding hydrogens is 448 g/mol. The van der Waals surface area contributed by atoms with Crippen LogP contribution in [0.1, 0.15) is 60.3 Å². The van der Waals surface area contributed by atoms with Crippen molar-refractivity contribution >= 4 is 5.52 Å². The van der Waals surface area contributed by atoms with Crippen LogP contribution in [0.25, 0.3) is 5.52 Å². The highest BCUT2D eigenvalue weighted by atomic mass is 16.5. The van der Waals surface area contributed by atoms with Crippen molar-refractivity contribution < 1.29 is 20.1 Å². The number of fused-ring (bicyclic) bond motifs is 1. The predicted molar refractivity (Wildman–Crippen MR) is 131 cm³/mol. The molecule has 35 heavy (non-hydrogen) atoms. The molecule has 4 rings (SSSR count). The third-order valence-corrected chi connectivity index (χ3v) is 6.21. The van der Waals surface area contributed by atoms with Gasteiger partial charge in [-0.25, -0.2) is 9.50 Å². The van der Waals surface area contributed by atoms with Gasteiger partial charge in [0.15, 0.2) is 17.0 Å². The number of rotatable bonds is 9. The van der Waals surface area contributed by atoms with Crippen molar-refractivity contribution in [1.29, 1.82) is 0 Å². The number of aryl methyl sites for hydroxylation is 1. The number of aromatic amines is 1. The van der Waals surface area contributed by atoms with Gasteiger partial charge in [-0.05, 0) is 49.9 Å². The number of benzene rings is 2. The van der Waals surface area contributed by atoms with Gasteiger partial charge in [-0.1, -0.05) is 36.4 Å².